The number of esters is 1. The fraction of sp³-hybridized carbons (Fsp3) is 0.607. The summed E-state index contributed by atoms with van der Waals surface area (Å²) in [6.45, 7) is 9.83. The minimum absolute atomic E-state index is 0.236. The zero-order chi connectivity index (χ0) is 28.6. The van der Waals surface area contributed by atoms with Gasteiger partial charge in [-0.3, -0.25) is 9.59 Å². The van der Waals surface area contributed by atoms with Crippen LogP contribution in [0.1, 0.15) is 60.3 Å². The molecule has 0 saturated carbocycles. The van der Waals surface area contributed by atoms with Crippen LogP contribution in [0.2, 0.25) is 5.02 Å². The third-order valence-corrected chi connectivity index (χ3v) is 7.57. The molecule has 1 aromatic carbocycles. The van der Waals surface area contributed by atoms with Crippen molar-refractivity contribution in [1.82, 2.24) is 10.2 Å². The zero-order valence-electron chi connectivity index (χ0n) is 23.2. The van der Waals surface area contributed by atoms with Crippen LogP contribution < -0.4 is 10.1 Å². The van der Waals surface area contributed by atoms with Crippen LogP contribution in [-0.4, -0.2) is 71.9 Å². The molecule has 1 aromatic rings. The van der Waals surface area contributed by atoms with E-state index in [4.69, 9.17) is 30.5 Å². The number of carbonyl (C=O) groups is 3. The molecule has 2 aliphatic rings. The van der Waals surface area contributed by atoms with Gasteiger partial charge in [0, 0.05) is 10.6 Å². The molecular weight excluding hydrogens is 544 g/mol. The summed E-state index contributed by atoms with van der Waals surface area (Å²) in [6.07, 6.45) is 3.91. The Hall–Kier alpha value is -2.11. The third-order valence-electron chi connectivity index (χ3n) is 6.13. The molecule has 216 valence electrons. The lowest BCUT2D eigenvalue weighted by Crippen LogP contribution is -2.85. The molecular formula is C28H39ClN2O7S. The van der Waals surface area contributed by atoms with Gasteiger partial charge in [0.1, 0.15) is 29.7 Å². The summed E-state index contributed by atoms with van der Waals surface area (Å²) in [4.78, 5) is 40.3. The van der Waals surface area contributed by atoms with Gasteiger partial charge in [0.05, 0.1) is 18.6 Å². The SMILES string of the molecule is CCCCOC1(OCCCC)C(NC(=O)COc2ccc(Cl)cc2)[C@@H]2SC=C(C=O)C(C(=O)OC(C)(C)C)N21. The van der Waals surface area contributed by atoms with Crippen LogP contribution >= 0.6 is 23.4 Å². The highest BCUT2D eigenvalue weighted by Gasteiger charge is 2.69. The summed E-state index contributed by atoms with van der Waals surface area (Å²) in [5, 5.41) is 4.79. The Bertz CT molecular complexity index is 1020. The van der Waals surface area contributed by atoms with Crippen molar-refractivity contribution in [3.63, 3.8) is 0 Å². The second-order valence-corrected chi connectivity index (χ2v) is 11.9. The predicted octanol–water partition coefficient (Wildman–Crippen LogP) is 4.67. The minimum Gasteiger partial charge on any atom is -0.484 e. The highest BCUT2D eigenvalue weighted by atomic mass is 35.5. The molecule has 0 spiro atoms. The number of nitrogens with zero attached hydrogens (tertiary/aromatic N) is 1. The number of ether oxygens (including phenoxy) is 4. The number of hydrogen-bond donors (Lipinski definition) is 1. The molecule has 1 saturated heterocycles. The second-order valence-electron chi connectivity index (χ2n) is 10.4. The number of nitrogens with one attached hydrogen (secondary N) is 1. The summed E-state index contributed by atoms with van der Waals surface area (Å²) >= 11 is 7.26. The molecule has 9 nitrogen and oxygen atoms in total. The summed E-state index contributed by atoms with van der Waals surface area (Å²) in [5.41, 5.74) is -0.513. The lowest BCUT2D eigenvalue weighted by Gasteiger charge is -2.63. The largest absolute Gasteiger partial charge is 0.484 e. The van der Waals surface area contributed by atoms with Crippen molar-refractivity contribution in [3.05, 3.63) is 40.3 Å². The first kappa shape index (κ1) is 31.4. The zero-order valence-corrected chi connectivity index (χ0v) is 24.8. The smallest absolute Gasteiger partial charge is 0.328 e. The van der Waals surface area contributed by atoms with Crippen LogP contribution in [0.4, 0.5) is 0 Å². The molecule has 1 N–H and O–H groups in total. The van der Waals surface area contributed by atoms with Crippen molar-refractivity contribution >= 4 is 41.5 Å². The lowest BCUT2D eigenvalue weighted by atomic mass is 9.93. The van der Waals surface area contributed by atoms with Crippen LogP contribution in [0.25, 0.3) is 0 Å². The standard InChI is InChI=1S/C28H39ClN2O7S/c1-6-8-14-36-28(37-15-9-7-2)24(30-22(33)17-35-21-12-10-20(29)11-13-21)25-31(28)23(19(16-32)18-39-25)26(34)38-27(3,4)5/h10-13,16,18,23-25H,6-9,14-15,17H2,1-5H3,(H,30,33)/t23?,24?,25-/m0/s1. The molecule has 0 aliphatic carbocycles. The van der Waals surface area contributed by atoms with Gasteiger partial charge in [-0.1, -0.05) is 38.3 Å². The van der Waals surface area contributed by atoms with Gasteiger partial charge in [-0.25, -0.2) is 9.69 Å². The maximum absolute atomic E-state index is 13.4. The lowest BCUT2D eigenvalue weighted by molar-refractivity contribution is -0.390. The Labute approximate surface area is 239 Å². The first-order valence-electron chi connectivity index (χ1n) is 13.3. The molecule has 11 heteroatoms. The maximum Gasteiger partial charge on any atom is 0.328 e. The number of fused-ring (bicyclic) bond motifs is 1. The minimum atomic E-state index is -1.47. The van der Waals surface area contributed by atoms with Gasteiger partial charge in [-0.2, -0.15) is 0 Å². The summed E-state index contributed by atoms with van der Waals surface area (Å²) in [5.74, 6) is -1.92. The van der Waals surface area contributed by atoms with Crippen molar-refractivity contribution in [1.29, 1.82) is 0 Å². The molecule has 0 radical (unpaired) electrons. The molecule has 2 aliphatic heterocycles. The number of carbonyl (C=O) groups excluding carboxylic acids is 3. The first-order valence-corrected chi connectivity index (χ1v) is 14.7. The molecule has 39 heavy (non-hydrogen) atoms. The average molecular weight is 583 g/mol. The molecule has 0 aromatic heterocycles. The number of thioether (sulfide) groups is 1. The van der Waals surface area contributed by atoms with Crippen LogP contribution in [-0.2, 0) is 28.6 Å². The van der Waals surface area contributed by atoms with Crippen molar-refractivity contribution in [3.8, 4) is 5.75 Å². The molecule has 1 fully saturated rings. The topological polar surface area (TPSA) is 103 Å². The average Bonchev–Trinajstić information content (AvgIpc) is 2.89. The summed E-state index contributed by atoms with van der Waals surface area (Å²) in [6, 6.07) is 5.03. The van der Waals surface area contributed by atoms with Gasteiger partial charge >= 0.3 is 5.97 Å². The van der Waals surface area contributed by atoms with E-state index in [9.17, 15) is 14.4 Å². The number of unbranched alkanes of at least 4 members (excludes halogenated alkanes) is 2. The number of rotatable bonds is 14. The number of hydrogen-bond acceptors (Lipinski definition) is 9. The molecule has 3 rings (SSSR count). The van der Waals surface area contributed by atoms with Gasteiger partial charge in [0.15, 0.2) is 6.61 Å². The first-order chi connectivity index (χ1) is 18.6. The van der Waals surface area contributed by atoms with E-state index in [1.807, 2.05) is 13.8 Å². The monoisotopic (exact) mass is 582 g/mol. The summed E-state index contributed by atoms with van der Waals surface area (Å²) in [7, 11) is 0. The molecule has 2 heterocycles. The second kappa shape index (κ2) is 14.0. The van der Waals surface area contributed by atoms with Gasteiger partial charge in [-0.05, 0) is 63.3 Å². The van der Waals surface area contributed by atoms with E-state index in [0.29, 0.717) is 30.3 Å². The van der Waals surface area contributed by atoms with Crippen molar-refractivity contribution in [2.75, 3.05) is 19.8 Å². The van der Waals surface area contributed by atoms with Crippen LogP contribution in [0.5, 0.6) is 5.75 Å². The fourth-order valence-corrected chi connectivity index (χ4v) is 5.70. The Kier molecular flexibility index (Phi) is 11.3. The van der Waals surface area contributed by atoms with E-state index in [1.54, 1.807) is 55.3 Å². The third kappa shape index (κ3) is 7.76. The Morgan fingerprint density at radius 1 is 1.10 bits per heavy atom. The number of amides is 1. The Morgan fingerprint density at radius 3 is 2.26 bits per heavy atom. The highest BCUT2D eigenvalue weighted by Crippen LogP contribution is 2.51. The van der Waals surface area contributed by atoms with E-state index >= 15 is 0 Å². The summed E-state index contributed by atoms with van der Waals surface area (Å²) < 4.78 is 24.1. The van der Waals surface area contributed by atoms with Crippen LogP contribution in [0.15, 0.2) is 35.2 Å². The van der Waals surface area contributed by atoms with E-state index in [2.05, 4.69) is 5.32 Å². The van der Waals surface area contributed by atoms with Gasteiger partial charge in [0.2, 0.25) is 0 Å². The van der Waals surface area contributed by atoms with Crippen molar-refractivity contribution in [2.45, 2.75) is 89.3 Å². The highest BCUT2D eigenvalue weighted by molar-refractivity contribution is 8.02. The van der Waals surface area contributed by atoms with E-state index in [-0.39, 0.29) is 18.1 Å². The van der Waals surface area contributed by atoms with Gasteiger partial charge in [-0.15, -0.1) is 11.8 Å². The van der Waals surface area contributed by atoms with E-state index in [1.165, 1.54) is 11.8 Å². The van der Waals surface area contributed by atoms with Gasteiger partial charge < -0.3 is 24.3 Å². The number of aldehydes is 1. The molecule has 3 atom stereocenters. The Balaban J connectivity index is 1.91. The van der Waals surface area contributed by atoms with Crippen molar-refractivity contribution in [2.24, 2.45) is 0 Å². The Morgan fingerprint density at radius 2 is 1.72 bits per heavy atom. The van der Waals surface area contributed by atoms with Crippen LogP contribution in [0, 0.1) is 0 Å². The normalized spacial score (nSPS) is 22.2. The van der Waals surface area contributed by atoms with E-state index < -0.39 is 34.9 Å². The van der Waals surface area contributed by atoms with Crippen LogP contribution in [0.3, 0.4) is 0 Å². The van der Waals surface area contributed by atoms with Gasteiger partial charge in [0.25, 0.3) is 11.8 Å². The fourth-order valence-electron chi connectivity index (χ4n) is 4.29. The number of halogens is 1. The quantitative estimate of drug-likeness (QED) is 0.145. The van der Waals surface area contributed by atoms with E-state index in [0.717, 1.165) is 25.7 Å². The molecule has 2 unspecified atom stereocenters. The maximum atomic E-state index is 13.4. The number of benzene rings is 1. The van der Waals surface area contributed by atoms with Crippen molar-refractivity contribution < 1.29 is 33.3 Å². The predicted molar refractivity (Wildman–Crippen MR) is 150 cm³/mol. The molecule has 0 bridgehead atoms. The molecule has 1 amide bonds.